The first-order valence-corrected chi connectivity index (χ1v) is 5.68. The van der Waals surface area contributed by atoms with Crippen molar-refractivity contribution in [1.82, 2.24) is 0 Å². The lowest BCUT2D eigenvalue weighted by atomic mass is 10.0. The second kappa shape index (κ2) is 4.58. The molecule has 2 rings (SSSR count). The average molecular weight is 303 g/mol. The van der Waals surface area contributed by atoms with Crippen LogP contribution < -0.4 is 0 Å². The fraction of sp³-hybridized carbons (Fsp3) is 0.167. The van der Waals surface area contributed by atoms with E-state index in [0.29, 0.717) is 4.67 Å². The summed E-state index contributed by atoms with van der Waals surface area (Å²) in [5, 5.41) is 9.88. The molecule has 5 heteroatoms. The molecule has 0 bridgehead atoms. The number of aliphatic hydroxyl groups is 1. The molecule has 1 aromatic carbocycles. The maximum atomic E-state index is 13.6. The van der Waals surface area contributed by atoms with E-state index in [-0.39, 0.29) is 16.9 Å². The number of hydrogen-bond acceptors (Lipinski definition) is 2. The van der Waals surface area contributed by atoms with Crippen LogP contribution in [0, 0.1) is 18.6 Å². The highest BCUT2D eigenvalue weighted by Crippen LogP contribution is 2.29. The van der Waals surface area contributed by atoms with Gasteiger partial charge in [-0.3, -0.25) is 0 Å². The van der Waals surface area contributed by atoms with Crippen LogP contribution in [0.3, 0.4) is 0 Å². The molecular formula is C12H9BrF2O2. The Morgan fingerprint density at radius 1 is 1.18 bits per heavy atom. The smallest absolute Gasteiger partial charge is 0.169 e. The van der Waals surface area contributed by atoms with Gasteiger partial charge in [0.2, 0.25) is 0 Å². The molecule has 17 heavy (non-hydrogen) atoms. The Kier molecular flexibility index (Phi) is 3.31. The van der Waals surface area contributed by atoms with Gasteiger partial charge >= 0.3 is 0 Å². The van der Waals surface area contributed by atoms with Crippen LogP contribution in [0.5, 0.6) is 0 Å². The van der Waals surface area contributed by atoms with Gasteiger partial charge in [0.15, 0.2) is 16.3 Å². The van der Waals surface area contributed by atoms with Gasteiger partial charge in [0.1, 0.15) is 11.9 Å². The Bertz CT molecular complexity index is 551. The first-order valence-electron chi connectivity index (χ1n) is 4.88. The molecule has 0 radical (unpaired) electrons. The number of aryl methyl sites for hydroxylation is 1. The summed E-state index contributed by atoms with van der Waals surface area (Å²) in [4.78, 5) is 0. The minimum atomic E-state index is -1.32. The van der Waals surface area contributed by atoms with Crippen molar-refractivity contribution in [2.45, 2.75) is 13.0 Å². The molecule has 0 saturated heterocycles. The minimum Gasteiger partial charge on any atom is -0.451 e. The van der Waals surface area contributed by atoms with E-state index in [0.717, 1.165) is 0 Å². The van der Waals surface area contributed by atoms with Crippen LogP contribution >= 0.6 is 15.9 Å². The van der Waals surface area contributed by atoms with Crippen LogP contribution in [-0.2, 0) is 0 Å². The van der Waals surface area contributed by atoms with Crippen molar-refractivity contribution in [2.75, 3.05) is 0 Å². The Labute approximate surface area is 105 Å². The summed E-state index contributed by atoms with van der Waals surface area (Å²) in [5.41, 5.74) is 0.0500. The van der Waals surface area contributed by atoms with Gasteiger partial charge < -0.3 is 9.52 Å². The Hall–Kier alpha value is -1.20. The lowest BCUT2D eigenvalue weighted by molar-refractivity contribution is 0.182. The molecule has 0 aliphatic rings. The fourth-order valence-corrected chi connectivity index (χ4v) is 1.82. The maximum Gasteiger partial charge on any atom is 0.169 e. The van der Waals surface area contributed by atoms with Crippen molar-refractivity contribution in [3.8, 4) is 0 Å². The van der Waals surface area contributed by atoms with Gasteiger partial charge in [-0.15, -0.1) is 0 Å². The van der Waals surface area contributed by atoms with E-state index in [4.69, 9.17) is 4.42 Å². The molecule has 0 fully saturated rings. The number of aliphatic hydroxyl groups excluding tert-OH is 1. The zero-order chi connectivity index (χ0) is 12.6. The summed E-state index contributed by atoms with van der Waals surface area (Å²) < 4.78 is 32.5. The maximum absolute atomic E-state index is 13.6. The normalized spacial score (nSPS) is 12.8. The molecule has 1 heterocycles. The van der Waals surface area contributed by atoms with Crippen molar-refractivity contribution >= 4 is 15.9 Å². The van der Waals surface area contributed by atoms with Crippen LogP contribution in [0.15, 0.2) is 33.4 Å². The van der Waals surface area contributed by atoms with E-state index < -0.39 is 17.7 Å². The summed E-state index contributed by atoms with van der Waals surface area (Å²) in [6.45, 7) is 1.46. The second-order valence-electron chi connectivity index (χ2n) is 3.64. The molecule has 1 atom stereocenters. The van der Waals surface area contributed by atoms with Crippen LogP contribution in [0.2, 0.25) is 0 Å². The molecule has 1 N–H and O–H groups in total. The van der Waals surface area contributed by atoms with Crippen molar-refractivity contribution in [3.05, 3.63) is 57.5 Å². The molecular weight excluding hydrogens is 294 g/mol. The molecule has 0 aliphatic carbocycles. The van der Waals surface area contributed by atoms with Crippen molar-refractivity contribution in [3.63, 3.8) is 0 Å². The highest BCUT2D eigenvalue weighted by Gasteiger charge is 2.21. The molecule has 1 unspecified atom stereocenters. The average Bonchev–Trinajstić information content (AvgIpc) is 2.72. The number of rotatable bonds is 2. The fourth-order valence-electron chi connectivity index (χ4n) is 1.50. The van der Waals surface area contributed by atoms with E-state index in [1.165, 1.54) is 25.1 Å². The van der Waals surface area contributed by atoms with E-state index in [1.807, 2.05) is 0 Å². The number of benzene rings is 1. The van der Waals surface area contributed by atoms with Crippen LogP contribution in [0.1, 0.15) is 23.0 Å². The quantitative estimate of drug-likeness (QED) is 0.917. The third-order valence-electron chi connectivity index (χ3n) is 2.46. The standard InChI is InChI=1S/C12H9BrF2O2/c1-6-2-3-7(11(15)10(6)14)12(16)8-4-5-9(13)17-8/h2-5,12,16H,1H3. The van der Waals surface area contributed by atoms with E-state index >= 15 is 0 Å². The van der Waals surface area contributed by atoms with Gasteiger partial charge in [-0.1, -0.05) is 12.1 Å². The van der Waals surface area contributed by atoms with E-state index in [9.17, 15) is 13.9 Å². The van der Waals surface area contributed by atoms with Crippen molar-refractivity contribution < 1.29 is 18.3 Å². The van der Waals surface area contributed by atoms with Gasteiger partial charge in [-0.2, -0.15) is 0 Å². The summed E-state index contributed by atoms with van der Waals surface area (Å²) in [5.74, 6) is -1.85. The lowest BCUT2D eigenvalue weighted by Gasteiger charge is -2.10. The van der Waals surface area contributed by atoms with Gasteiger partial charge in [0, 0.05) is 5.56 Å². The first kappa shape index (κ1) is 12.3. The third-order valence-corrected chi connectivity index (χ3v) is 2.89. The predicted molar refractivity (Wildman–Crippen MR) is 61.6 cm³/mol. The van der Waals surface area contributed by atoms with Crippen LogP contribution in [0.25, 0.3) is 0 Å². The molecule has 0 aliphatic heterocycles. The largest absolute Gasteiger partial charge is 0.451 e. The molecule has 90 valence electrons. The molecule has 0 saturated carbocycles. The zero-order valence-corrected chi connectivity index (χ0v) is 10.5. The van der Waals surface area contributed by atoms with E-state index in [2.05, 4.69) is 15.9 Å². The molecule has 1 aromatic heterocycles. The van der Waals surface area contributed by atoms with Gasteiger partial charge in [0.05, 0.1) is 0 Å². The van der Waals surface area contributed by atoms with Crippen molar-refractivity contribution in [1.29, 1.82) is 0 Å². The Balaban J connectivity index is 2.44. The molecule has 2 nitrogen and oxygen atoms in total. The lowest BCUT2D eigenvalue weighted by Crippen LogP contribution is -2.04. The SMILES string of the molecule is Cc1ccc(C(O)c2ccc(Br)o2)c(F)c1F. The summed E-state index contributed by atoms with van der Waals surface area (Å²) in [6, 6.07) is 5.82. The number of hydrogen-bond donors (Lipinski definition) is 1. The first-order chi connectivity index (χ1) is 8.00. The predicted octanol–water partition coefficient (Wildman–Crippen LogP) is 3.71. The monoisotopic (exact) mass is 302 g/mol. The second-order valence-corrected chi connectivity index (χ2v) is 4.43. The third kappa shape index (κ3) is 2.25. The van der Waals surface area contributed by atoms with Crippen LogP contribution in [0.4, 0.5) is 8.78 Å². The summed E-state index contributed by atoms with van der Waals surface area (Å²) in [6.07, 6.45) is -1.32. The molecule has 2 aromatic rings. The van der Waals surface area contributed by atoms with Gasteiger partial charge in [0.25, 0.3) is 0 Å². The Morgan fingerprint density at radius 3 is 2.47 bits per heavy atom. The highest BCUT2D eigenvalue weighted by molar-refractivity contribution is 9.10. The summed E-state index contributed by atoms with van der Waals surface area (Å²) in [7, 11) is 0. The minimum absolute atomic E-state index is 0.144. The van der Waals surface area contributed by atoms with Crippen molar-refractivity contribution in [2.24, 2.45) is 0 Å². The highest BCUT2D eigenvalue weighted by atomic mass is 79.9. The van der Waals surface area contributed by atoms with Gasteiger partial charge in [-0.25, -0.2) is 8.78 Å². The number of halogens is 3. The Morgan fingerprint density at radius 2 is 1.88 bits per heavy atom. The zero-order valence-electron chi connectivity index (χ0n) is 8.88. The van der Waals surface area contributed by atoms with Crippen LogP contribution in [-0.4, -0.2) is 5.11 Å². The van der Waals surface area contributed by atoms with E-state index in [1.54, 1.807) is 6.07 Å². The molecule has 0 spiro atoms. The summed E-state index contributed by atoms with van der Waals surface area (Å²) >= 11 is 3.07. The molecule has 0 amide bonds. The number of furan rings is 1. The topological polar surface area (TPSA) is 33.4 Å². The van der Waals surface area contributed by atoms with Gasteiger partial charge in [-0.05, 0) is 40.5 Å².